The highest BCUT2D eigenvalue weighted by Gasteiger charge is 2.36. The lowest BCUT2D eigenvalue weighted by Gasteiger charge is -2.28. The predicted octanol–water partition coefficient (Wildman–Crippen LogP) is 1.91. The van der Waals surface area contributed by atoms with E-state index in [4.69, 9.17) is 11.6 Å². The molecule has 2 atom stereocenters. The zero-order valence-corrected chi connectivity index (χ0v) is 13.4. The number of hydrogen-bond donors (Lipinski definition) is 1. The highest BCUT2D eigenvalue weighted by molar-refractivity contribution is 7.86. The molecule has 1 fully saturated rings. The zero-order valence-electron chi connectivity index (χ0n) is 11.8. The minimum absolute atomic E-state index is 0.00132. The van der Waals surface area contributed by atoms with Crippen molar-refractivity contribution in [3.05, 3.63) is 34.9 Å². The lowest BCUT2D eigenvalue weighted by molar-refractivity contribution is -0.130. The molecule has 2 unspecified atom stereocenters. The molecule has 0 aromatic heterocycles. The molecule has 0 radical (unpaired) electrons. The van der Waals surface area contributed by atoms with Gasteiger partial charge in [-0.1, -0.05) is 23.7 Å². The number of amides is 1. The summed E-state index contributed by atoms with van der Waals surface area (Å²) in [5.41, 5.74) is 0.801. The molecule has 1 N–H and O–H groups in total. The van der Waals surface area contributed by atoms with Gasteiger partial charge in [-0.25, -0.2) is 0 Å². The highest BCUT2D eigenvalue weighted by Crippen LogP contribution is 2.32. The topological polar surface area (TPSA) is 74.7 Å². The first-order valence-electron chi connectivity index (χ1n) is 6.88. The summed E-state index contributed by atoms with van der Waals surface area (Å²) in [6.07, 6.45) is 0.321. The van der Waals surface area contributed by atoms with Gasteiger partial charge in [0.1, 0.15) is 0 Å². The second-order valence-electron chi connectivity index (χ2n) is 5.40. The third-order valence-electron chi connectivity index (χ3n) is 3.71. The van der Waals surface area contributed by atoms with Gasteiger partial charge in [-0.15, -0.1) is 3.89 Å². The number of rotatable bonds is 6. The first kappa shape index (κ1) is 17.2. The lowest BCUT2D eigenvalue weighted by Crippen LogP contribution is -2.31. The van der Waals surface area contributed by atoms with Crippen molar-refractivity contribution in [2.45, 2.75) is 18.9 Å². The molecule has 1 heterocycles. The van der Waals surface area contributed by atoms with Gasteiger partial charge >= 0.3 is 10.2 Å². The lowest BCUT2D eigenvalue weighted by atomic mass is 10.0. The predicted molar refractivity (Wildman–Crippen MR) is 80.6 cm³/mol. The van der Waals surface area contributed by atoms with Crippen LogP contribution in [0.2, 0.25) is 5.02 Å². The van der Waals surface area contributed by atoms with Crippen LogP contribution in [0.4, 0.5) is 3.89 Å². The Morgan fingerprint density at radius 2 is 2.00 bits per heavy atom. The molecular formula is C14H17ClFNO4S. The van der Waals surface area contributed by atoms with Crippen molar-refractivity contribution >= 4 is 27.7 Å². The number of halogens is 2. The average molecular weight is 350 g/mol. The summed E-state index contributed by atoms with van der Waals surface area (Å²) in [7, 11) is -4.61. The Kier molecular flexibility index (Phi) is 5.41. The van der Waals surface area contributed by atoms with Crippen molar-refractivity contribution in [2.75, 3.05) is 18.9 Å². The van der Waals surface area contributed by atoms with E-state index in [-0.39, 0.29) is 31.5 Å². The van der Waals surface area contributed by atoms with Crippen molar-refractivity contribution < 1.29 is 22.2 Å². The van der Waals surface area contributed by atoms with Crippen LogP contribution in [0.1, 0.15) is 24.4 Å². The van der Waals surface area contributed by atoms with E-state index in [1.165, 1.54) is 4.90 Å². The summed E-state index contributed by atoms with van der Waals surface area (Å²) in [5, 5.41) is 9.79. The second-order valence-corrected chi connectivity index (χ2v) is 7.25. The average Bonchev–Trinajstić information content (AvgIpc) is 2.75. The van der Waals surface area contributed by atoms with Crippen molar-refractivity contribution in [3.8, 4) is 0 Å². The molecule has 1 saturated heterocycles. The molecule has 1 aliphatic rings. The molecule has 1 aromatic carbocycles. The Labute approximate surface area is 133 Å². The molecule has 1 aliphatic heterocycles. The van der Waals surface area contributed by atoms with Crippen molar-refractivity contribution in [1.29, 1.82) is 0 Å². The zero-order chi connectivity index (χ0) is 16.3. The van der Waals surface area contributed by atoms with E-state index in [1.807, 2.05) is 0 Å². The maximum absolute atomic E-state index is 12.8. The van der Waals surface area contributed by atoms with Crippen LogP contribution in [0, 0.1) is 5.92 Å². The van der Waals surface area contributed by atoms with Gasteiger partial charge in [-0.3, -0.25) is 4.79 Å². The Hall–Kier alpha value is -1.18. The summed E-state index contributed by atoms with van der Waals surface area (Å²) in [6, 6.07) is 6.52. The summed E-state index contributed by atoms with van der Waals surface area (Å²) in [6.45, 7) is 0.0401. The van der Waals surface area contributed by atoms with Crippen LogP contribution < -0.4 is 0 Å². The number of nitrogens with zero attached hydrogens (tertiary/aromatic N) is 1. The fourth-order valence-electron chi connectivity index (χ4n) is 2.81. The minimum Gasteiger partial charge on any atom is -0.396 e. The third-order valence-corrected chi connectivity index (χ3v) is 4.83. The molecule has 0 bridgehead atoms. The van der Waals surface area contributed by atoms with Crippen LogP contribution in [0.5, 0.6) is 0 Å². The van der Waals surface area contributed by atoms with Gasteiger partial charge in [0.15, 0.2) is 0 Å². The van der Waals surface area contributed by atoms with Gasteiger partial charge in [0, 0.05) is 30.5 Å². The van der Waals surface area contributed by atoms with Crippen molar-refractivity contribution in [1.82, 2.24) is 4.90 Å². The number of benzene rings is 1. The molecule has 0 aliphatic carbocycles. The standard InChI is InChI=1S/C14H17ClFNO4S/c15-12-3-1-11(2-4-12)13(5-6-18)17-8-10(7-14(17)19)9-22(16,20)21/h1-4,10,13,18H,5-9H2. The van der Waals surface area contributed by atoms with E-state index in [2.05, 4.69) is 0 Å². The fourth-order valence-corrected chi connectivity index (χ4v) is 3.72. The quantitative estimate of drug-likeness (QED) is 0.796. The van der Waals surface area contributed by atoms with Crippen LogP contribution in [0.15, 0.2) is 24.3 Å². The van der Waals surface area contributed by atoms with E-state index in [0.717, 1.165) is 5.56 Å². The number of aliphatic hydroxyl groups is 1. The normalized spacial score (nSPS) is 20.4. The molecule has 1 aromatic rings. The van der Waals surface area contributed by atoms with Crippen LogP contribution in [-0.4, -0.2) is 43.2 Å². The summed E-state index contributed by atoms with van der Waals surface area (Å²) in [5.74, 6) is -1.44. The second kappa shape index (κ2) is 6.93. The number of aliphatic hydroxyl groups excluding tert-OH is 1. The Morgan fingerprint density at radius 1 is 1.36 bits per heavy atom. The van der Waals surface area contributed by atoms with E-state index in [0.29, 0.717) is 11.4 Å². The summed E-state index contributed by atoms with van der Waals surface area (Å²) >= 11 is 5.84. The van der Waals surface area contributed by atoms with Gasteiger partial charge in [-0.2, -0.15) is 8.42 Å². The van der Waals surface area contributed by atoms with Gasteiger partial charge in [0.25, 0.3) is 0 Å². The molecule has 22 heavy (non-hydrogen) atoms. The Balaban J connectivity index is 2.18. The molecule has 122 valence electrons. The monoisotopic (exact) mass is 349 g/mol. The summed E-state index contributed by atoms with van der Waals surface area (Å²) < 4.78 is 34.3. The van der Waals surface area contributed by atoms with Gasteiger partial charge < -0.3 is 10.0 Å². The van der Waals surface area contributed by atoms with Crippen LogP contribution >= 0.6 is 11.6 Å². The van der Waals surface area contributed by atoms with Crippen LogP contribution in [0.25, 0.3) is 0 Å². The molecule has 0 spiro atoms. The SMILES string of the molecule is O=C1CC(CS(=O)(=O)F)CN1C(CCO)c1ccc(Cl)cc1. The smallest absolute Gasteiger partial charge is 0.302 e. The minimum atomic E-state index is -4.61. The highest BCUT2D eigenvalue weighted by atomic mass is 35.5. The first-order valence-corrected chi connectivity index (χ1v) is 8.81. The van der Waals surface area contributed by atoms with Crippen LogP contribution in [-0.2, 0) is 15.0 Å². The number of likely N-dealkylation sites (tertiary alicyclic amines) is 1. The molecule has 1 amide bonds. The Bertz CT molecular complexity index is 635. The molecular weight excluding hydrogens is 333 g/mol. The molecule has 8 heteroatoms. The number of carbonyl (C=O) groups excluding carboxylic acids is 1. The third kappa shape index (κ3) is 4.41. The molecule has 0 saturated carbocycles. The van der Waals surface area contributed by atoms with E-state index >= 15 is 0 Å². The van der Waals surface area contributed by atoms with Gasteiger partial charge in [-0.05, 0) is 24.1 Å². The van der Waals surface area contributed by atoms with Crippen molar-refractivity contribution in [3.63, 3.8) is 0 Å². The molecule has 2 rings (SSSR count). The first-order chi connectivity index (χ1) is 10.3. The maximum atomic E-state index is 12.8. The maximum Gasteiger partial charge on any atom is 0.302 e. The largest absolute Gasteiger partial charge is 0.396 e. The fraction of sp³-hybridized carbons (Fsp3) is 0.500. The van der Waals surface area contributed by atoms with Gasteiger partial charge in [0.05, 0.1) is 11.8 Å². The van der Waals surface area contributed by atoms with Crippen molar-refractivity contribution in [2.24, 2.45) is 5.92 Å². The van der Waals surface area contributed by atoms with Gasteiger partial charge in [0.2, 0.25) is 5.91 Å². The van der Waals surface area contributed by atoms with E-state index in [9.17, 15) is 22.2 Å². The molecule has 5 nitrogen and oxygen atoms in total. The van der Waals surface area contributed by atoms with E-state index < -0.39 is 21.9 Å². The summed E-state index contributed by atoms with van der Waals surface area (Å²) in [4.78, 5) is 13.6. The number of carbonyl (C=O) groups is 1. The Morgan fingerprint density at radius 3 is 2.55 bits per heavy atom. The van der Waals surface area contributed by atoms with Crippen LogP contribution in [0.3, 0.4) is 0 Å². The number of hydrogen-bond acceptors (Lipinski definition) is 4. The van der Waals surface area contributed by atoms with E-state index in [1.54, 1.807) is 24.3 Å².